The molecule has 160 valence electrons. The van der Waals surface area contributed by atoms with Gasteiger partial charge in [0.2, 0.25) is 5.91 Å². The number of amides is 1. The number of nitrogens with one attached hydrogen (secondary N) is 1. The lowest BCUT2D eigenvalue weighted by molar-refractivity contribution is -0.114. The molecule has 1 saturated heterocycles. The third-order valence-corrected chi connectivity index (χ3v) is 6.52. The number of pyridine rings is 1. The molecule has 1 amide bonds. The zero-order valence-corrected chi connectivity index (χ0v) is 18.3. The molecule has 4 heteroatoms. The number of anilines is 1. The van der Waals surface area contributed by atoms with Crippen molar-refractivity contribution in [2.45, 2.75) is 44.6 Å². The van der Waals surface area contributed by atoms with Crippen molar-refractivity contribution in [1.82, 2.24) is 9.88 Å². The molecule has 0 radical (unpaired) electrons. The van der Waals surface area contributed by atoms with E-state index in [2.05, 4.69) is 69.8 Å². The zero-order valence-electron chi connectivity index (χ0n) is 18.3. The summed E-state index contributed by atoms with van der Waals surface area (Å²) in [6.07, 6.45) is 8.46. The third kappa shape index (κ3) is 5.59. The summed E-state index contributed by atoms with van der Waals surface area (Å²) in [5, 5.41) is 2.83. The molecule has 1 aliphatic heterocycles. The minimum absolute atomic E-state index is 0.0354. The highest BCUT2D eigenvalue weighted by atomic mass is 16.1. The Labute approximate surface area is 185 Å². The molecule has 0 unspecified atom stereocenters. The van der Waals surface area contributed by atoms with Crippen molar-refractivity contribution < 1.29 is 4.79 Å². The fraction of sp³-hybridized carbons (Fsp3) is 0.333. The van der Waals surface area contributed by atoms with Crippen LogP contribution in [0.1, 0.15) is 42.9 Å². The Morgan fingerprint density at radius 3 is 2.26 bits per heavy atom. The normalized spacial score (nSPS) is 16.0. The van der Waals surface area contributed by atoms with Crippen LogP contribution in [0.15, 0.2) is 79.1 Å². The van der Waals surface area contributed by atoms with Gasteiger partial charge >= 0.3 is 0 Å². The van der Waals surface area contributed by atoms with Crippen LogP contribution in [0.4, 0.5) is 5.69 Å². The van der Waals surface area contributed by atoms with Gasteiger partial charge in [0.1, 0.15) is 0 Å². The molecule has 2 aromatic carbocycles. The van der Waals surface area contributed by atoms with Crippen molar-refractivity contribution >= 4 is 11.6 Å². The molecule has 1 aliphatic rings. The fourth-order valence-electron chi connectivity index (χ4n) is 4.71. The Bertz CT molecular complexity index is 962. The van der Waals surface area contributed by atoms with Gasteiger partial charge in [0.15, 0.2) is 0 Å². The number of likely N-dealkylation sites (tertiary alicyclic amines) is 1. The molecule has 0 aliphatic carbocycles. The first-order valence-corrected chi connectivity index (χ1v) is 11.2. The van der Waals surface area contributed by atoms with Crippen LogP contribution in [-0.2, 0) is 23.2 Å². The number of nitrogens with zero attached hydrogens (tertiary/aromatic N) is 2. The van der Waals surface area contributed by atoms with Crippen LogP contribution in [0.5, 0.6) is 0 Å². The first kappa shape index (κ1) is 21.3. The van der Waals surface area contributed by atoms with Gasteiger partial charge < -0.3 is 5.32 Å². The van der Waals surface area contributed by atoms with Gasteiger partial charge in [-0.3, -0.25) is 14.7 Å². The predicted octanol–water partition coefficient (Wildman–Crippen LogP) is 5.21. The van der Waals surface area contributed by atoms with Crippen LogP contribution < -0.4 is 5.32 Å². The van der Waals surface area contributed by atoms with E-state index in [0.29, 0.717) is 0 Å². The van der Waals surface area contributed by atoms with Crippen LogP contribution in [-0.4, -0.2) is 28.9 Å². The van der Waals surface area contributed by atoms with Gasteiger partial charge in [-0.15, -0.1) is 0 Å². The summed E-state index contributed by atoms with van der Waals surface area (Å²) in [5.74, 6) is -0.0354. The molecule has 4 rings (SSSR count). The van der Waals surface area contributed by atoms with Crippen LogP contribution >= 0.6 is 0 Å². The van der Waals surface area contributed by atoms with Gasteiger partial charge in [-0.2, -0.15) is 0 Å². The second-order valence-electron chi connectivity index (χ2n) is 8.66. The van der Waals surface area contributed by atoms with Gasteiger partial charge in [0, 0.05) is 31.5 Å². The Kier molecular flexibility index (Phi) is 6.78. The molecule has 4 nitrogen and oxygen atoms in total. The monoisotopic (exact) mass is 413 g/mol. The standard InChI is InChI=1S/C27H31N3O/c1-22(31)29-26-9-7-24(8-10-26)21-30-19-15-27(16-20-30,25-12-17-28-18-13-25)14-11-23-5-3-2-4-6-23/h2-10,12-13,17-18H,11,14-16,19-21H2,1H3,(H,29,31). The smallest absolute Gasteiger partial charge is 0.221 e. The average molecular weight is 414 g/mol. The highest BCUT2D eigenvalue weighted by Crippen LogP contribution is 2.39. The van der Waals surface area contributed by atoms with Crippen LogP contribution in [0.25, 0.3) is 0 Å². The molecule has 1 aromatic heterocycles. The van der Waals surface area contributed by atoms with E-state index in [1.54, 1.807) is 0 Å². The van der Waals surface area contributed by atoms with Crippen molar-refractivity contribution in [2.24, 2.45) is 0 Å². The van der Waals surface area contributed by atoms with E-state index in [-0.39, 0.29) is 11.3 Å². The number of aryl methyl sites for hydroxylation is 1. The summed E-state index contributed by atoms with van der Waals surface area (Å²) in [6.45, 7) is 4.66. The van der Waals surface area contributed by atoms with E-state index in [9.17, 15) is 4.79 Å². The van der Waals surface area contributed by atoms with E-state index in [1.807, 2.05) is 24.5 Å². The second-order valence-corrected chi connectivity index (χ2v) is 8.66. The summed E-state index contributed by atoms with van der Waals surface area (Å²) < 4.78 is 0. The van der Waals surface area contributed by atoms with E-state index in [1.165, 1.54) is 30.0 Å². The van der Waals surface area contributed by atoms with Gasteiger partial charge in [-0.1, -0.05) is 42.5 Å². The van der Waals surface area contributed by atoms with Gasteiger partial charge in [0.05, 0.1) is 0 Å². The number of carbonyl (C=O) groups excluding carboxylic acids is 1. The number of carbonyl (C=O) groups is 1. The molecule has 31 heavy (non-hydrogen) atoms. The van der Waals surface area contributed by atoms with E-state index in [4.69, 9.17) is 0 Å². The molecule has 0 bridgehead atoms. The minimum atomic E-state index is -0.0354. The quantitative estimate of drug-likeness (QED) is 0.579. The molecule has 0 spiro atoms. The summed E-state index contributed by atoms with van der Waals surface area (Å²) in [5.41, 5.74) is 5.20. The Morgan fingerprint density at radius 2 is 1.61 bits per heavy atom. The minimum Gasteiger partial charge on any atom is -0.326 e. The molecule has 1 N–H and O–H groups in total. The lowest BCUT2D eigenvalue weighted by Crippen LogP contribution is -2.42. The Hall–Kier alpha value is -2.98. The number of aromatic nitrogens is 1. The number of benzene rings is 2. The molecule has 2 heterocycles. The summed E-state index contributed by atoms with van der Waals surface area (Å²) in [6, 6.07) is 23.5. The first-order chi connectivity index (χ1) is 15.1. The Balaban J connectivity index is 1.41. The summed E-state index contributed by atoms with van der Waals surface area (Å²) >= 11 is 0. The van der Waals surface area contributed by atoms with Crippen molar-refractivity contribution in [3.05, 3.63) is 95.8 Å². The van der Waals surface area contributed by atoms with E-state index < -0.39 is 0 Å². The lowest BCUT2D eigenvalue weighted by Gasteiger charge is -2.42. The summed E-state index contributed by atoms with van der Waals surface area (Å²) in [7, 11) is 0. The highest BCUT2D eigenvalue weighted by molar-refractivity contribution is 5.88. The van der Waals surface area contributed by atoms with E-state index in [0.717, 1.165) is 44.6 Å². The fourth-order valence-corrected chi connectivity index (χ4v) is 4.71. The van der Waals surface area contributed by atoms with Crippen LogP contribution in [0.2, 0.25) is 0 Å². The van der Waals surface area contributed by atoms with Gasteiger partial charge in [-0.25, -0.2) is 0 Å². The maximum Gasteiger partial charge on any atom is 0.221 e. The number of hydrogen-bond donors (Lipinski definition) is 1. The van der Waals surface area contributed by atoms with Crippen LogP contribution in [0, 0.1) is 0 Å². The topological polar surface area (TPSA) is 45.2 Å². The number of hydrogen-bond acceptors (Lipinski definition) is 3. The van der Waals surface area contributed by atoms with Gasteiger partial charge in [-0.05, 0) is 85.1 Å². The molecule has 0 atom stereocenters. The average Bonchev–Trinajstić information content (AvgIpc) is 2.81. The zero-order chi connectivity index (χ0) is 21.5. The maximum atomic E-state index is 11.2. The second kappa shape index (κ2) is 9.88. The van der Waals surface area contributed by atoms with Crippen LogP contribution in [0.3, 0.4) is 0 Å². The molecule has 3 aromatic rings. The SMILES string of the molecule is CC(=O)Nc1ccc(CN2CCC(CCc3ccccc3)(c3ccncc3)CC2)cc1. The van der Waals surface area contributed by atoms with Crippen molar-refractivity contribution in [3.8, 4) is 0 Å². The number of rotatable bonds is 7. The predicted molar refractivity (Wildman–Crippen MR) is 126 cm³/mol. The van der Waals surface area contributed by atoms with Gasteiger partial charge in [0.25, 0.3) is 0 Å². The number of piperidine rings is 1. The summed E-state index contributed by atoms with van der Waals surface area (Å²) in [4.78, 5) is 18.0. The van der Waals surface area contributed by atoms with Crippen molar-refractivity contribution in [3.63, 3.8) is 0 Å². The van der Waals surface area contributed by atoms with Crippen molar-refractivity contribution in [1.29, 1.82) is 0 Å². The van der Waals surface area contributed by atoms with Crippen molar-refractivity contribution in [2.75, 3.05) is 18.4 Å². The molecular formula is C27H31N3O. The molecular weight excluding hydrogens is 382 g/mol. The Morgan fingerprint density at radius 1 is 0.935 bits per heavy atom. The molecule has 0 saturated carbocycles. The van der Waals surface area contributed by atoms with E-state index >= 15 is 0 Å². The maximum absolute atomic E-state index is 11.2. The highest BCUT2D eigenvalue weighted by Gasteiger charge is 2.35. The largest absolute Gasteiger partial charge is 0.326 e. The lowest BCUT2D eigenvalue weighted by atomic mass is 9.69. The third-order valence-electron chi connectivity index (χ3n) is 6.52. The first-order valence-electron chi connectivity index (χ1n) is 11.2. The molecule has 1 fully saturated rings.